The molecule has 1 fully saturated rings. The Morgan fingerprint density at radius 1 is 1.05 bits per heavy atom. The number of aryl methyl sites for hydroxylation is 2. The molecule has 198 valence electrons. The molecule has 0 bridgehead atoms. The van der Waals surface area contributed by atoms with Crippen LogP contribution in [-0.2, 0) is 7.05 Å². The molecule has 0 radical (unpaired) electrons. The minimum atomic E-state index is -0.895. The molecule has 39 heavy (non-hydrogen) atoms. The Bertz CT molecular complexity index is 1700. The van der Waals surface area contributed by atoms with Gasteiger partial charge in [-0.3, -0.25) is 0 Å². The fourth-order valence-electron chi connectivity index (χ4n) is 4.94. The van der Waals surface area contributed by atoms with Crippen molar-refractivity contribution in [1.29, 1.82) is 0 Å². The van der Waals surface area contributed by atoms with Crippen LogP contribution in [0.5, 0.6) is 11.5 Å². The molecule has 11 heteroatoms. The van der Waals surface area contributed by atoms with Gasteiger partial charge >= 0.3 is 6.09 Å². The number of nitrogens with one attached hydrogen (secondary N) is 1. The Morgan fingerprint density at radius 3 is 2.72 bits per heavy atom. The standard InChI is InChI=1S/C28H28N8O3/c1-17-12-19(4-8-24(17)39-20-5-7-23-22(13-20)31-16-34(23)3)32-27-26-21(29-15-30-27)6-9-25(33-26)36-11-10-35(28(37)38)14-18(36)2/h4-9,12-13,15-16,18H,10-11,14H2,1-3H3,(H,37,38)(H,29,30,32)/t18-/m0/s1. The second-order valence-electron chi connectivity index (χ2n) is 9.74. The van der Waals surface area contributed by atoms with Gasteiger partial charge < -0.3 is 29.5 Å². The molecule has 5 aromatic rings. The second-order valence-corrected chi connectivity index (χ2v) is 9.74. The SMILES string of the molecule is Cc1cc(Nc2ncnc3ccc(N4CCN(C(=O)O)C[C@@H]4C)nc23)ccc1Oc1ccc2c(c1)ncn2C. The van der Waals surface area contributed by atoms with Crippen LogP contribution in [0.25, 0.3) is 22.1 Å². The van der Waals surface area contributed by atoms with E-state index in [9.17, 15) is 9.90 Å². The van der Waals surface area contributed by atoms with E-state index < -0.39 is 6.09 Å². The number of amides is 1. The predicted molar refractivity (Wildman–Crippen MR) is 149 cm³/mol. The van der Waals surface area contributed by atoms with E-state index >= 15 is 0 Å². The Hall–Kier alpha value is -4.93. The van der Waals surface area contributed by atoms with Crippen molar-refractivity contribution in [2.45, 2.75) is 19.9 Å². The molecule has 0 spiro atoms. The third-order valence-electron chi connectivity index (χ3n) is 7.02. The van der Waals surface area contributed by atoms with E-state index in [4.69, 9.17) is 9.72 Å². The Morgan fingerprint density at radius 2 is 1.92 bits per heavy atom. The fraction of sp³-hybridized carbons (Fsp3) is 0.250. The number of nitrogens with zero attached hydrogens (tertiary/aromatic N) is 7. The topological polar surface area (TPSA) is 122 Å². The molecule has 3 aromatic heterocycles. The molecule has 1 aliphatic rings. The molecule has 2 aromatic carbocycles. The van der Waals surface area contributed by atoms with E-state index in [2.05, 4.69) is 25.2 Å². The number of imidazole rings is 1. The largest absolute Gasteiger partial charge is 0.465 e. The van der Waals surface area contributed by atoms with Crippen molar-refractivity contribution in [1.82, 2.24) is 29.4 Å². The number of fused-ring (bicyclic) bond motifs is 2. The van der Waals surface area contributed by atoms with E-state index in [-0.39, 0.29) is 6.04 Å². The molecule has 2 N–H and O–H groups in total. The number of ether oxygens (including phenoxy) is 1. The summed E-state index contributed by atoms with van der Waals surface area (Å²) >= 11 is 0. The molecule has 1 saturated heterocycles. The van der Waals surface area contributed by atoms with E-state index in [1.807, 2.05) is 74.0 Å². The molecule has 0 aliphatic carbocycles. The minimum Gasteiger partial charge on any atom is -0.465 e. The summed E-state index contributed by atoms with van der Waals surface area (Å²) in [7, 11) is 1.96. The summed E-state index contributed by atoms with van der Waals surface area (Å²) in [5.74, 6) is 2.83. The van der Waals surface area contributed by atoms with E-state index in [0.29, 0.717) is 31.0 Å². The first-order chi connectivity index (χ1) is 18.9. The maximum absolute atomic E-state index is 11.4. The summed E-state index contributed by atoms with van der Waals surface area (Å²) in [6, 6.07) is 15.6. The quantitative estimate of drug-likeness (QED) is 0.329. The summed E-state index contributed by atoms with van der Waals surface area (Å²) in [6.45, 7) is 5.42. The Balaban J connectivity index is 1.23. The van der Waals surface area contributed by atoms with Crippen LogP contribution in [0.1, 0.15) is 12.5 Å². The lowest BCUT2D eigenvalue weighted by atomic mass is 10.2. The lowest BCUT2D eigenvalue weighted by molar-refractivity contribution is 0.136. The number of pyridine rings is 1. The summed E-state index contributed by atoms with van der Waals surface area (Å²) in [6.07, 6.45) is 2.40. The van der Waals surface area contributed by atoms with Gasteiger partial charge in [-0.15, -0.1) is 0 Å². The van der Waals surface area contributed by atoms with Gasteiger partial charge in [-0.2, -0.15) is 0 Å². The Labute approximate surface area is 224 Å². The van der Waals surface area contributed by atoms with Crippen LogP contribution < -0.4 is 15.0 Å². The predicted octanol–water partition coefficient (Wildman–Crippen LogP) is 4.94. The summed E-state index contributed by atoms with van der Waals surface area (Å²) in [4.78, 5) is 33.1. The van der Waals surface area contributed by atoms with Crippen LogP contribution in [-0.4, -0.2) is 66.3 Å². The number of carboxylic acid groups (broad SMARTS) is 1. The van der Waals surface area contributed by atoms with E-state index in [1.54, 1.807) is 6.33 Å². The molecule has 4 heterocycles. The van der Waals surface area contributed by atoms with Gasteiger partial charge in [0.25, 0.3) is 0 Å². The zero-order chi connectivity index (χ0) is 27.1. The van der Waals surface area contributed by atoms with E-state index in [0.717, 1.165) is 45.1 Å². The number of hydrogen-bond donors (Lipinski definition) is 2. The first kappa shape index (κ1) is 24.4. The molecule has 1 amide bonds. The highest BCUT2D eigenvalue weighted by molar-refractivity contribution is 5.88. The lowest BCUT2D eigenvalue weighted by Gasteiger charge is -2.39. The maximum atomic E-state index is 11.4. The third-order valence-corrected chi connectivity index (χ3v) is 7.02. The van der Waals surface area contributed by atoms with Crippen LogP contribution in [0.15, 0.2) is 61.2 Å². The number of carbonyl (C=O) groups is 1. The van der Waals surface area contributed by atoms with Gasteiger partial charge in [-0.05, 0) is 61.9 Å². The summed E-state index contributed by atoms with van der Waals surface area (Å²) in [5.41, 5.74) is 5.09. The summed E-state index contributed by atoms with van der Waals surface area (Å²) in [5, 5.41) is 12.7. The molecule has 0 saturated carbocycles. The van der Waals surface area contributed by atoms with Crippen molar-refractivity contribution in [3.05, 3.63) is 66.7 Å². The number of rotatable bonds is 5. The van der Waals surface area contributed by atoms with Gasteiger partial charge in [-0.25, -0.2) is 24.7 Å². The van der Waals surface area contributed by atoms with Gasteiger partial charge in [-0.1, -0.05) is 0 Å². The molecule has 11 nitrogen and oxygen atoms in total. The third kappa shape index (κ3) is 4.74. The first-order valence-corrected chi connectivity index (χ1v) is 12.7. The van der Waals surface area contributed by atoms with Crippen molar-refractivity contribution < 1.29 is 14.6 Å². The highest BCUT2D eigenvalue weighted by Gasteiger charge is 2.27. The van der Waals surface area contributed by atoms with Gasteiger partial charge in [0.1, 0.15) is 29.2 Å². The normalized spacial score (nSPS) is 15.6. The molecular formula is C28H28N8O3. The summed E-state index contributed by atoms with van der Waals surface area (Å²) < 4.78 is 8.13. The average Bonchev–Trinajstić information content (AvgIpc) is 3.30. The number of anilines is 3. The van der Waals surface area contributed by atoms with Crippen LogP contribution >= 0.6 is 0 Å². The average molecular weight is 525 g/mol. The highest BCUT2D eigenvalue weighted by atomic mass is 16.5. The molecule has 6 rings (SSSR count). The van der Waals surface area contributed by atoms with Crippen LogP contribution in [0.2, 0.25) is 0 Å². The van der Waals surface area contributed by atoms with Crippen LogP contribution in [0.4, 0.5) is 22.1 Å². The number of hydrogen-bond acceptors (Lipinski definition) is 8. The van der Waals surface area contributed by atoms with Crippen LogP contribution in [0.3, 0.4) is 0 Å². The smallest absolute Gasteiger partial charge is 0.407 e. The highest BCUT2D eigenvalue weighted by Crippen LogP contribution is 2.31. The fourth-order valence-corrected chi connectivity index (χ4v) is 4.94. The van der Waals surface area contributed by atoms with E-state index in [1.165, 1.54) is 11.2 Å². The minimum absolute atomic E-state index is 0.00517. The zero-order valence-electron chi connectivity index (χ0n) is 21.9. The van der Waals surface area contributed by atoms with Crippen molar-refractivity contribution in [2.75, 3.05) is 29.9 Å². The van der Waals surface area contributed by atoms with Gasteiger partial charge in [0.05, 0.1) is 22.9 Å². The van der Waals surface area contributed by atoms with Crippen LogP contribution in [0, 0.1) is 6.92 Å². The Kier molecular flexibility index (Phi) is 6.10. The van der Waals surface area contributed by atoms with Crippen molar-refractivity contribution in [3.8, 4) is 11.5 Å². The molecule has 1 atom stereocenters. The van der Waals surface area contributed by atoms with Crippen molar-refractivity contribution in [2.24, 2.45) is 7.05 Å². The zero-order valence-corrected chi connectivity index (χ0v) is 21.9. The molecule has 0 unspecified atom stereocenters. The number of piperazine rings is 1. The number of benzene rings is 2. The van der Waals surface area contributed by atoms with Gasteiger partial charge in [0, 0.05) is 44.5 Å². The van der Waals surface area contributed by atoms with Crippen molar-refractivity contribution in [3.63, 3.8) is 0 Å². The monoisotopic (exact) mass is 524 g/mol. The van der Waals surface area contributed by atoms with Gasteiger partial charge in [0.15, 0.2) is 5.82 Å². The van der Waals surface area contributed by atoms with Gasteiger partial charge in [0.2, 0.25) is 0 Å². The molecule has 1 aliphatic heterocycles. The molecular weight excluding hydrogens is 496 g/mol. The first-order valence-electron chi connectivity index (χ1n) is 12.7. The maximum Gasteiger partial charge on any atom is 0.407 e. The second kappa shape index (κ2) is 9.75. The van der Waals surface area contributed by atoms with Crippen molar-refractivity contribution >= 4 is 45.5 Å². The number of aromatic nitrogens is 5. The lowest BCUT2D eigenvalue weighted by Crippen LogP contribution is -2.53.